The lowest BCUT2D eigenvalue weighted by Crippen LogP contribution is -2.31. The largest absolute Gasteiger partial charge is 0.266 e. The van der Waals surface area contributed by atoms with Crippen molar-refractivity contribution in [2.24, 2.45) is 0 Å². The van der Waals surface area contributed by atoms with Crippen LogP contribution in [0.15, 0.2) is 42.5 Å². The number of rotatable bonds is 3. The van der Waals surface area contributed by atoms with Crippen molar-refractivity contribution in [1.29, 1.82) is 0 Å². The summed E-state index contributed by atoms with van der Waals surface area (Å²) in [5.41, 5.74) is 1.41. The molecule has 0 radical (unpaired) electrons. The molecular weight excluding hydrogens is 313 g/mol. The standard InChI is InChI=1S/C15H13ClFNO2S/c16-13-6-2-1-4-12(13)10-21(19,20)18-9-8-11-5-3-7-14(17)15(11)18/h1-7H,8-10H2. The van der Waals surface area contributed by atoms with Crippen LogP contribution in [-0.4, -0.2) is 15.0 Å². The van der Waals surface area contributed by atoms with Gasteiger partial charge in [0.25, 0.3) is 0 Å². The summed E-state index contributed by atoms with van der Waals surface area (Å²) in [6.07, 6.45) is 0.523. The lowest BCUT2D eigenvalue weighted by Gasteiger charge is -2.20. The van der Waals surface area contributed by atoms with Gasteiger partial charge in [0.2, 0.25) is 10.0 Å². The van der Waals surface area contributed by atoms with Crippen molar-refractivity contribution < 1.29 is 12.8 Å². The van der Waals surface area contributed by atoms with E-state index in [1.165, 1.54) is 6.07 Å². The summed E-state index contributed by atoms with van der Waals surface area (Å²) in [5, 5.41) is 0.397. The molecular formula is C15H13ClFNO2S. The number of hydrogen-bond donors (Lipinski definition) is 0. The molecule has 6 heteroatoms. The summed E-state index contributed by atoms with van der Waals surface area (Å²) in [6, 6.07) is 11.4. The number of sulfonamides is 1. The lowest BCUT2D eigenvalue weighted by atomic mass is 10.2. The lowest BCUT2D eigenvalue weighted by molar-refractivity contribution is 0.587. The molecule has 110 valence electrons. The highest BCUT2D eigenvalue weighted by molar-refractivity contribution is 7.92. The van der Waals surface area contributed by atoms with Crippen molar-refractivity contribution >= 4 is 27.3 Å². The second kappa shape index (κ2) is 5.31. The Hall–Kier alpha value is -1.59. The average molecular weight is 326 g/mol. The van der Waals surface area contributed by atoms with Crippen LogP contribution in [0.5, 0.6) is 0 Å². The Bertz CT molecular complexity index is 792. The molecule has 2 aromatic rings. The Morgan fingerprint density at radius 3 is 2.67 bits per heavy atom. The Labute approximate surface area is 128 Å². The van der Waals surface area contributed by atoms with Gasteiger partial charge in [-0.1, -0.05) is 41.9 Å². The predicted molar refractivity (Wildman–Crippen MR) is 81.5 cm³/mol. The van der Waals surface area contributed by atoms with Crippen molar-refractivity contribution in [2.45, 2.75) is 12.2 Å². The monoisotopic (exact) mass is 325 g/mol. The van der Waals surface area contributed by atoms with Crippen LogP contribution in [0.1, 0.15) is 11.1 Å². The normalized spacial score (nSPS) is 14.3. The van der Waals surface area contributed by atoms with Crippen molar-refractivity contribution in [3.8, 4) is 0 Å². The molecule has 3 nitrogen and oxygen atoms in total. The van der Waals surface area contributed by atoms with Gasteiger partial charge in [0.15, 0.2) is 0 Å². The summed E-state index contributed by atoms with van der Waals surface area (Å²) in [5.74, 6) is -0.742. The molecule has 0 atom stereocenters. The molecule has 0 aromatic heterocycles. The minimum absolute atomic E-state index is 0.171. The van der Waals surface area contributed by atoms with E-state index in [9.17, 15) is 12.8 Å². The Morgan fingerprint density at radius 2 is 1.90 bits per heavy atom. The number of hydrogen-bond acceptors (Lipinski definition) is 2. The van der Waals surface area contributed by atoms with Crippen molar-refractivity contribution in [3.63, 3.8) is 0 Å². The molecule has 1 aliphatic heterocycles. The van der Waals surface area contributed by atoms with Gasteiger partial charge < -0.3 is 0 Å². The zero-order chi connectivity index (χ0) is 15.0. The van der Waals surface area contributed by atoms with Gasteiger partial charge in [0, 0.05) is 11.6 Å². The zero-order valence-corrected chi connectivity index (χ0v) is 12.7. The highest BCUT2D eigenvalue weighted by Crippen LogP contribution is 2.34. The Balaban J connectivity index is 1.97. The first-order chi connectivity index (χ1) is 9.99. The first-order valence-electron chi connectivity index (χ1n) is 6.50. The van der Waals surface area contributed by atoms with Crippen LogP contribution in [0.2, 0.25) is 5.02 Å². The van der Waals surface area contributed by atoms with Crippen LogP contribution < -0.4 is 4.31 Å². The molecule has 1 heterocycles. The topological polar surface area (TPSA) is 37.4 Å². The highest BCUT2D eigenvalue weighted by atomic mass is 35.5. The third kappa shape index (κ3) is 2.63. The first-order valence-corrected chi connectivity index (χ1v) is 8.49. The minimum Gasteiger partial charge on any atom is -0.266 e. The summed E-state index contributed by atoms with van der Waals surface area (Å²) < 4.78 is 40.3. The van der Waals surface area contributed by atoms with E-state index < -0.39 is 15.8 Å². The van der Waals surface area contributed by atoms with Crippen LogP contribution in [0.4, 0.5) is 10.1 Å². The Kier molecular flexibility index (Phi) is 3.63. The summed E-state index contributed by atoms with van der Waals surface area (Å²) in [7, 11) is -3.66. The third-order valence-corrected chi connectivity index (χ3v) is 5.62. The van der Waals surface area contributed by atoms with Crippen LogP contribution >= 0.6 is 11.6 Å². The van der Waals surface area contributed by atoms with Crippen LogP contribution in [0, 0.1) is 5.82 Å². The molecule has 0 bridgehead atoms. The van der Waals surface area contributed by atoms with Crippen LogP contribution in [0.3, 0.4) is 0 Å². The van der Waals surface area contributed by atoms with Gasteiger partial charge in [-0.05, 0) is 29.7 Å². The first kappa shape index (κ1) is 14.4. The molecule has 0 unspecified atom stereocenters. The van der Waals surface area contributed by atoms with Gasteiger partial charge in [-0.2, -0.15) is 0 Å². The zero-order valence-electron chi connectivity index (χ0n) is 11.1. The van der Waals surface area contributed by atoms with Crippen molar-refractivity contribution in [3.05, 3.63) is 64.4 Å². The molecule has 3 rings (SSSR count). The molecule has 0 spiro atoms. The number of benzene rings is 2. The summed E-state index contributed by atoms with van der Waals surface area (Å²) in [6.45, 7) is 0.267. The summed E-state index contributed by atoms with van der Waals surface area (Å²) in [4.78, 5) is 0. The molecule has 21 heavy (non-hydrogen) atoms. The van der Waals surface area contributed by atoms with E-state index >= 15 is 0 Å². The minimum atomic E-state index is -3.66. The fourth-order valence-corrected chi connectivity index (χ4v) is 4.48. The van der Waals surface area contributed by atoms with E-state index in [-0.39, 0.29) is 18.0 Å². The van der Waals surface area contributed by atoms with Crippen LogP contribution in [-0.2, 0) is 22.2 Å². The Morgan fingerprint density at radius 1 is 1.14 bits per heavy atom. The molecule has 0 saturated carbocycles. The van der Waals surface area contributed by atoms with E-state index in [1.54, 1.807) is 36.4 Å². The molecule has 0 N–H and O–H groups in total. The molecule has 0 saturated heterocycles. The maximum absolute atomic E-state index is 14.0. The van der Waals surface area contributed by atoms with Gasteiger partial charge in [-0.25, -0.2) is 12.8 Å². The fraction of sp³-hybridized carbons (Fsp3) is 0.200. The van der Waals surface area contributed by atoms with Gasteiger partial charge in [-0.3, -0.25) is 4.31 Å². The van der Waals surface area contributed by atoms with E-state index in [0.29, 0.717) is 17.0 Å². The quantitative estimate of drug-likeness (QED) is 0.867. The maximum atomic E-state index is 14.0. The molecule has 2 aromatic carbocycles. The molecule has 0 fully saturated rings. The number of para-hydroxylation sites is 1. The SMILES string of the molecule is O=S(=O)(Cc1ccccc1Cl)N1CCc2cccc(F)c21. The fourth-order valence-electron chi connectivity index (χ4n) is 2.54. The van der Waals surface area contributed by atoms with Crippen molar-refractivity contribution in [1.82, 2.24) is 0 Å². The number of anilines is 1. The number of nitrogens with zero attached hydrogens (tertiary/aromatic N) is 1. The molecule has 0 aliphatic carbocycles. The highest BCUT2D eigenvalue weighted by Gasteiger charge is 2.32. The van der Waals surface area contributed by atoms with Crippen LogP contribution in [0.25, 0.3) is 0 Å². The van der Waals surface area contributed by atoms with Crippen molar-refractivity contribution in [2.75, 3.05) is 10.8 Å². The third-order valence-electron chi connectivity index (χ3n) is 3.54. The maximum Gasteiger partial charge on any atom is 0.239 e. The summed E-state index contributed by atoms with van der Waals surface area (Å²) >= 11 is 6.01. The van der Waals surface area contributed by atoms with Gasteiger partial charge in [0.1, 0.15) is 5.82 Å². The van der Waals surface area contributed by atoms with Gasteiger partial charge >= 0.3 is 0 Å². The van der Waals surface area contributed by atoms with E-state index in [0.717, 1.165) is 9.87 Å². The molecule has 0 amide bonds. The van der Waals surface area contributed by atoms with E-state index in [1.807, 2.05) is 0 Å². The van der Waals surface area contributed by atoms with E-state index in [4.69, 9.17) is 11.6 Å². The van der Waals surface area contributed by atoms with Gasteiger partial charge in [-0.15, -0.1) is 0 Å². The smallest absolute Gasteiger partial charge is 0.239 e. The number of fused-ring (bicyclic) bond motifs is 1. The van der Waals surface area contributed by atoms with Gasteiger partial charge in [0.05, 0.1) is 11.4 Å². The average Bonchev–Trinajstić information content (AvgIpc) is 2.87. The predicted octanol–water partition coefficient (Wildman–Crippen LogP) is 3.37. The second-order valence-electron chi connectivity index (χ2n) is 4.92. The molecule has 1 aliphatic rings. The second-order valence-corrected chi connectivity index (χ2v) is 7.22. The number of halogens is 2. The van der Waals surface area contributed by atoms with E-state index in [2.05, 4.69) is 0 Å².